The second-order valence-corrected chi connectivity index (χ2v) is 4.24. The van der Waals surface area contributed by atoms with E-state index in [1.807, 2.05) is 11.8 Å². The van der Waals surface area contributed by atoms with Crippen LogP contribution in [0.3, 0.4) is 0 Å². The highest BCUT2D eigenvalue weighted by molar-refractivity contribution is 5.85. The monoisotopic (exact) mass is 250 g/mol. The van der Waals surface area contributed by atoms with Gasteiger partial charge in [0.15, 0.2) is 0 Å². The standard InChI is InChI=1S/C11H22N2O2.ClH/c1-3-15-8-10-5-4-6-13(7-10)11(14)9(2)12;/h9-10H,3-8,12H2,1-2H3;1H/t9-,10?;/m1./s1. The Hall–Kier alpha value is -0.320. The molecule has 2 atom stereocenters. The minimum Gasteiger partial charge on any atom is -0.381 e. The quantitative estimate of drug-likeness (QED) is 0.811. The molecule has 1 saturated heterocycles. The smallest absolute Gasteiger partial charge is 0.239 e. The maximum Gasteiger partial charge on any atom is 0.239 e. The molecule has 0 spiro atoms. The lowest BCUT2D eigenvalue weighted by atomic mass is 9.98. The number of nitrogens with zero attached hydrogens (tertiary/aromatic N) is 1. The van der Waals surface area contributed by atoms with Gasteiger partial charge in [0.25, 0.3) is 0 Å². The van der Waals surface area contributed by atoms with Crippen molar-refractivity contribution in [1.82, 2.24) is 4.90 Å². The van der Waals surface area contributed by atoms with Crippen LogP contribution in [0.5, 0.6) is 0 Å². The molecule has 1 heterocycles. The molecular weight excluding hydrogens is 228 g/mol. The fourth-order valence-electron chi connectivity index (χ4n) is 1.97. The first-order valence-corrected chi connectivity index (χ1v) is 5.77. The third kappa shape index (κ3) is 4.68. The summed E-state index contributed by atoms with van der Waals surface area (Å²) < 4.78 is 5.39. The van der Waals surface area contributed by atoms with Crippen LogP contribution in [-0.4, -0.2) is 43.2 Å². The number of piperidine rings is 1. The molecule has 1 fully saturated rings. The number of hydrogen-bond donors (Lipinski definition) is 1. The van der Waals surface area contributed by atoms with Crippen molar-refractivity contribution in [2.75, 3.05) is 26.3 Å². The molecule has 0 radical (unpaired) electrons. The van der Waals surface area contributed by atoms with E-state index in [0.717, 1.165) is 39.1 Å². The SMILES string of the molecule is CCOCC1CCCN(C(=O)[C@@H](C)N)C1.Cl. The highest BCUT2D eigenvalue weighted by Gasteiger charge is 2.25. The molecule has 1 amide bonds. The van der Waals surface area contributed by atoms with Crippen LogP contribution in [0.15, 0.2) is 0 Å². The lowest BCUT2D eigenvalue weighted by molar-refractivity contribution is -0.134. The van der Waals surface area contributed by atoms with Crippen LogP contribution in [0.4, 0.5) is 0 Å². The van der Waals surface area contributed by atoms with E-state index < -0.39 is 0 Å². The minimum absolute atomic E-state index is 0. The summed E-state index contributed by atoms with van der Waals surface area (Å²) in [5.41, 5.74) is 5.59. The maximum atomic E-state index is 11.7. The van der Waals surface area contributed by atoms with E-state index in [-0.39, 0.29) is 24.4 Å². The molecule has 96 valence electrons. The van der Waals surface area contributed by atoms with Crippen molar-refractivity contribution in [1.29, 1.82) is 0 Å². The zero-order valence-corrected chi connectivity index (χ0v) is 11.0. The van der Waals surface area contributed by atoms with Crippen molar-refractivity contribution in [2.45, 2.75) is 32.7 Å². The Kier molecular flexibility index (Phi) is 7.72. The Balaban J connectivity index is 0.00000225. The predicted molar refractivity (Wildman–Crippen MR) is 66.7 cm³/mol. The number of nitrogens with two attached hydrogens (primary N) is 1. The van der Waals surface area contributed by atoms with Gasteiger partial charge in [-0.25, -0.2) is 0 Å². The molecule has 1 unspecified atom stereocenters. The van der Waals surface area contributed by atoms with Crippen molar-refractivity contribution in [2.24, 2.45) is 11.7 Å². The number of carbonyl (C=O) groups excluding carboxylic acids is 1. The number of hydrogen-bond acceptors (Lipinski definition) is 3. The predicted octanol–water partition coefficient (Wildman–Crippen LogP) is 1.03. The molecule has 0 saturated carbocycles. The number of rotatable bonds is 4. The van der Waals surface area contributed by atoms with Gasteiger partial charge >= 0.3 is 0 Å². The van der Waals surface area contributed by atoms with Crippen LogP contribution in [0.25, 0.3) is 0 Å². The molecule has 0 bridgehead atoms. The molecule has 2 N–H and O–H groups in total. The van der Waals surface area contributed by atoms with E-state index in [1.165, 1.54) is 0 Å². The van der Waals surface area contributed by atoms with E-state index >= 15 is 0 Å². The second kappa shape index (κ2) is 7.87. The molecule has 0 aromatic rings. The highest BCUT2D eigenvalue weighted by atomic mass is 35.5. The summed E-state index contributed by atoms with van der Waals surface area (Å²) in [6, 6.07) is -0.379. The molecule has 0 aromatic heterocycles. The molecule has 0 aliphatic carbocycles. The highest BCUT2D eigenvalue weighted by Crippen LogP contribution is 2.17. The number of halogens is 1. The lowest BCUT2D eigenvalue weighted by Gasteiger charge is -2.33. The summed E-state index contributed by atoms with van der Waals surface area (Å²) in [5, 5.41) is 0. The number of amides is 1. The Bertz CT molecular complexity index is 212. The van der Waals surface area contributed by atoms with Gasteiger partial charge in [-0.3, -0.25) is 4.79 Å². The second-order valence-electron chi connectivity index (χ2n) is 4.24. The zero-order valence-electron chi connectivity index (χ0n) is 10.1. The van der Waals surface area contributed by atoms with E-state index in [0.29, 0.717) is 5.92 Å². The molecule has 1 aliphatic heterocycles. The van der Waals surface area contributed by atoms with E-state index in [2.05, 4.69) is 0 Å². The van der Waals surface area contributed by atoms with Gasteiger partial charge in [-0.15, -0.1) is 12.4 Å². The van der Waals surface area contributed by atoms with Gasteiger partial charge in [-0.1, -0.05) is 0 Å². The third-order valence-electron chi connectivity index (χ3n) is 2.78. The Labute approximate surface area is 104 Å². The fourth-order valence-corrected chi connectivity index (χ4v) is 1.97. The summed E-state index contributed by atoms with van der Waals surface area (Å²) >= 11 is 0. The topological polar surface area (TPSA) is 55.6 Å². The van der Waals surface area contributed by atoms with Gasteiger partial charge in [0.05, 0.1) is 12.6 Å². The molecule has 4 nitrogen and oxygen atoms in total. The van der Waals surface area contributed by atoms with Crippen molar-refractivity contribution in [3.8, 4) is 0 Å². The van der Waals surface area contributed by atoms with Crippen molar-refractivity contribution in [3.63, 3.8) is 0 Å². The average molecular weight is 251 g/mol. The van der Waals surface area contributed by atoms with Crippen molar-refractivity contribution in [3.05, 3.63) is 0 Å². The number of ether oxygens (including phenoxy) is 1. The molecular formula is C11H23ClN2O2. The van der Waals surface area contributed by atoms with Gasteiger partial charge in [0, 0.05) is 19.7 Å². The van der Waals surface area contributed by atoms with Crippen LogP contribution in [-0.2, 0) is 9.53 Å². The van der Waals surface area contributed by atoms with Crippen molar-refractivity contribution < 1.29 is 9.53 Å². The normalized spacial score (nSPS) is 22.4. The minimum atomic E-state index is -0.379. The van der Waals surface area contributed by atoms with Crippen molar-refractivity contribution >= 4 is 18.3 Å². The van der Waals surface area contributed by atoms with E-state index in [4.69, 9.17) is 10.5 Å². The van der Waals surface area contributed by atoms with Gasteiger partial charge in [-0.2, -0.15) is 0 Å². The number of carbonyl (C=O) groups is 1. The molecule has 0 aromatic carbocycles. The largest absolute Gasteiger partial charge is 0.381 e. The van der Waals surface area contributed by atoms with Gasteiger partial charge in [0.2, 0.25) is 5.91 Å². The van der Waals surface area contributed by atoms with Gasteiger partial charge in [0.1, 0.15) is 0 Å². The van der Waals surface area contributed by atoms with Crippen LogP contribution < -0.4 is 5.73 Å². The first-order chi connectivity index (χ1) is 7.15. The number of likely N-dealkylation sites (tertiary alicyclic amines) is 1. The van der Waals surface area contributed by atoms with Crippen LogP contribution >= 0.6 is 12.4 Å². The van der Waals surface area contributed by atoms with Crippen LogP contribution in [0, 0.1) is 5.92 Å². The molecule has 16 heavy (non-hydrogen) atoms. The Morgan fingerprint density at radius 2 is 2.31 bits per heavy atom. The molecule has 5 heteroatoms. The summed E-state index contributed by atoms with van der Waals surface area (Å²) in [6.07, 6.45) is 2.22. The maximum absolute atomic E-state index is 11.7. The van der Waals surface area contributed by atoms with E-state index in [9.17, 15) is 4.79 Å². The fraction of sp³-hybridized carbons (Fsp3) is 0.909. The lowest BCUT2D eigenvalue weighted by Crippen LogP contribution is -2.47. The summed E-state index contributed by atoms with van der Waals surface area (Å²) in [6.45, 7) is 6.91. The first kappa shape index (κ1) is 15.7. The first-order valence-electron chi connectivity index (χ1n) is 5.77. The summed E-state index contributed by atoms with van der Waals surface area (Å²) in [5.74, 6) is 0.553. The summed E-state index contributed by atoms with van der Waals surface area (Å²) in [7, 11) is 0. The van der Waals surface area contributed by atoms with Gasteiger partial charge < -0.3 is 15.4 Å². The molecule has 1 aliphatic rings. The molecule has 1 rings (SSSR count). The summed E-state index contributed by atoms with van der Waals surface area (Å²) in [4.78, 5) is 13.6. The van der Waals surface area contributed by atoms with Gasteiger partial charge in [-0.05, 0) is 32.6 Å². The Morgan fingerprint density at radius 3 is 2.88 bits per heavy atom. The average Bonchev–Trinajstić information content (AvgIpc) is 2.25. The third-order valence-corrected chi connectivity index (χ3v) is 2.78. The van der Waals surface area contributed by atoms with Crippen LogP contribution in [0.2, 0.25) is 0 Å². The Morgan fingerprint density at radius 1 is 1.62 bits per heavy atom. The van der Waals surface area contributed by atoms with E-state index in [1.54, 1.807) is 6.92 Å². The zero-order chi connectivity index (χ0) is 11.3. The van der Waals surface area contributed by atoms with Crippen LogP contribution in [0.1, 0.15) is 26.7 Å².